The molecule has 0 atom stereocenters. The van der Waals surface area contributed by atoms with Crippen molar-refractivity contribution in [3.63, 3.8) is 0 Å². The van der Waals surface area contributed by atoms with Gasteiger partial charge in [-0.1, -0.05) is 18.9 Å². The minimum atomic E-state index is 0.200. The second kappa shape index (κ2) is 5.24. The second-order valence-corrected chi connectivity index (χ2v) is 5.58. The van der Waals surface area contributed by atoms with Gasteiger partial charge in [0.2, 0.25) is 0 Å². The van der Waals surface area contributed by atoms with E-state index in [1.165, 1.54) is 31.2 Å². The summed E-state index contributed by atoms with van der Waals surface area (Å²) in [6, 6.07) is 6.58. The minimum Gasteiger partial charge on any atom is -0.384 e. The molecule has 3 heteroatoms. The molecule has 19 heavy (non-hydrogen) atoms. The molecule has 3 rings (SSSR count). The molecule has 2 aliphatic rings. The molecule has 0 unspecified atom stereocenters. The van der Waals surface area contributed by atoms with E-state index in [1.54, 1.807) is 0 Å². The number of nitrogens with zero attached hydrogens (tertiary/aromatic N) is 1. The summed E-state index contributed by atoms with van der Waals surface area (Å²) in [7, 11) is 0. The largest absolute Gasteiger partial charge is 0.384 e. The molecule has 102 valence electrons. The quantitative estimate of drug-likeness (QED) is 0.903. The van der Waals surface area contributed by atoms with Crippen molar-refractivity contribution in [2.24, 2.45) is 0 Å². The molecule has 1 N–H and O–H groups in total. The maximum atomic E-state index is 12.7. The van der Waals surface area contributed by atoms with Gasteiger partial charge >= 0.3 is 0 Å². The van der Waals surface area contributed by atoms with Gasteiger partial charge in [0, 0.05) is 30.4 Å². The topological polar surface area (TPSA) is 32.3 Å². The average Bonchev–Trinajstić information content (AvgIpc) is 3.09. The highest BCUT2D eigenvalue weighted by Crippen LogP contribution is 2.27. The molecule has 0 spiro atoms. The summed E-state index contributed by atoms with van der Waals surface area (Å²) in [5.74, 6) is 0.200. The molecule has 0 aromatic heterocycles. The van der Waals surface area contributed by atoms with Crippen LogP contribution in [-0.2, 0) is 6.42 Å². The van der Waals surface area contributed by atoms with E-state index < -0.39 is 0 Å². The molecular weight excluding hydrogens is 236 g/mol. The first-order valence-electron chi connectivity index (χ1n) is 7.47. The monoisotopic (exact) mass is 258 g/mol. The average molecular weight is 258 g/mol. The Morgan fingerprint density at radius 1 is 1.37 bits per heavy atom. The van der Waals surface area contributed by atoms with Crippen LogP contribution in [0, 0.1) is 0 Å². The summed E-state index contributed by atoms with van der Waals surface area (Å²) < 4.78 is 0. The molecule has 1 aromatic carbocycles. The Morgan fingerprint density at radius 2 is 2.16 bits per heavy atom. The second-order valence-electron chi connectivity index (χ2n) is 5.58. The SMILES string of the molecule is CCN(C(=O)c1ccc2c(c1)NCC2)C1CCCC1. The third kappa shape index (κ3) is 2.34. The summed E-state index contributed by atoms with van der Waals surface area (Å²) in [6.07, 6.45) is 5.94. The number of rotatable bonds is 3. The van der Waals surface area contributed by atoms with Crippen molar-refractivity contribution in [2.75, 3.05) is 18.4 Å². The van der Waals surface area contributed by atoms with Crippen LogP contribution in [0.1, 0.15) is 48.5 Å². The first-order valence-corrected chi connectivity index (χ1v) is 7.47. The molecule has 1 aromatic rings. The van der Waals surface area contributed by atoms with E-state index in [0.717, 1.165) is 30.8 Å². The number of nitrogens with one attached hydrogen (secondary N) is 1. The fraction of sp³-hybridized carbons (Fsp3) is 0.562. The van der Waals surface area contributed by atoms with E-state index in [1.807, 2.05) is 12.1 Å². The van der Waals surface area contributed by atoms with Crippen LogP contribution < -0.4 is 5.32 Å². The van der Waals surface area contributed by atoms with Crippen LogP contribution in [0.15, 0.2) is 18.2 Å². The van der Waals surface area contributed by atoms with Gasteiger partial charge in [-0.25, -0.2) is 0 Å². The number of carbonyl (C=O) groups excluding carboxylic acids is 1. The number of amides is 1. The summed E-state index contributed by atoms with van der Waals surface area (Å²) in [4.78, 5) is 14.7. The van der Waals surface area contributed by atoms with Crippen molar-refractivity contribution in [2.45, 2.75) is 45.1 Å². The molecule has 1 aliphatic carbocycles. The zero-order valence-electron chi connectivity index (χ0n) is 11.6. The van der Waals surface area contributed by atoms with E-state index in [0.29, 0.717) is 6.04 Å². The first-order chi connectivity index (χ1) is 9.29. The number of hydrogen-bond acceptors (Lipinski definition) is 2. The number of carbonyl (C=O) groups is 1. The van der Waals surface area contributed by atoms with Crippen molar-refractivity contribution >= 4 is 11.6 Å². The lowest BCUT2D eigenvalue weighted by Crippen LogP contribution is -2.38. The third-order valence-corrected chi connectivity index (χ3v) is 4.43. The van der Waals surface area contributed by atoms with Gasteiger partial charge in [0.1, 0.15) is 0 Å². The molecule has 1 saturated carbocycles. The Labute approximate surface area is 115 Å². The number of benzene rings is 1. The molecule has 1 fully saturated rings. The van der Waals surface area contributed by atoms with E-state index in [-0.39, 0.29) is 5.91 Å². The van der Waals surface area contributed by atoms with Gasteiger partial charge in [-0.15, -0.1) is 0 Å². The smallest absolute Gasteiger partial charge is 0.254 e. The Morgan fingerprint density at radius 3 is 2.89 bits per heavy atom. The van der Waals surface area contributed by atoms with Crippen LogP contribution in [0.2, 0.25) is 0 Å². The lowest BCUT2D eigenvalue weighted by molar-refractivity contribution is 0.0693. The maximum absolute atomic E-state index is 12.7. The van der Waals surface area contributed by atoms with Crippen LogP contribution in [0.4, 0.5) is 5.69 Å². The van der Waals surface area contributed by atoms with Crippen molar-refractivity contribution in [1.82, 2.24) is 4.90 Å². The van der Waals surface area contributed by atoms with E-state index in [4.69, 9.17) is 0 Å². The first kappa shape index (κ1) is 12.5. The van der Waals surface area contributed by atoms with Crippen molar-refractivity contribution < 1.29 is 4.79 Å². The van der Waals surface area contributed by atoms with Gasteiger partial charge in [-0.2, -0.15) is 0 Å². The normalized spacial score (nSPS) is 18.2. The lowest BCUT2D eigenvalue weighted by Gasteiger charge is -2.28. The lowest BCUT2D eigenvalue weighted by atomic mass is 10.1. The predicted octanol–water partition coefficient (Wildman–Crippen LogP) is 3.06. The zero-order chi connectivity index (χ0) is 13.2. The van der Waals surface area contributed by atoms with Crippen LogP contribution in [0.3, 0.4) is 0 Å². The fourth-order valence-corrected chi connectivity index (χ4v) is 3.37. The molecule has 0 radical (unpaired) electrons. The Bertz CT molecular complexity index is 478. The van der Waals surface area contributed by atoms with E-state index in [2.05, 4.69) is 23.2 Å². The minimum absolute atomic E-state index is 0.200. The Hall–Kier alpha value is -1.51. The van der Waals surface area contributed by atoms with Gasteiger partial charge in [-0.05, 0) is 43.9 Å². The molecule has 3 nitrogen and oxygen atoms in total. The van der Waals surface area contributed by atoms with Crippen LogP contribution in [0.5, 0.6) is 0 Å². The number of anilines is 1. The van der Waals surface area contributed by atoms with Gasteiger partial charge in [0.15, 0.2) is 0 Å². The molecule has 0 bridgehead atoms. The summed E-state index contributed by atoms with van der Waals surface area (Å²) in [5, 5.41) is 3.35. The fourth-order valence-electron chi connectivity index (χ4n) is 3.37. The summed E-state index contributed by atoms with van der Waals surface area (Å²) >= 11 is 0. The van der Waals surface area contributed by atoms with Crippen LogP contribution in [-0.4, -0.2) is 29.9 Å². The zero-order valence-corrected chi connectivity index (χ0v) is 11.6. The highest BCUT2D eigenvalue weighted by atomic mass is 16.2. The summed E-state index contributed by atoms with van der Waals surface area (Å²) in [5.41, 5.74) is 3.32. The van der Waals surface area contributed by atoms with Crippen molar-refractivity contribution in [3.05, 3.63) is 29.3 Å². The van der Waals surface area contributed by atoms with Gasteiger partial charge in [-0.3, -0.25) is 4.79 Å². The Balaban J connectivity index is 1.81. The third-order valence-electron chi connectivity index (χ3n) is 4.43. The summed E-state index contributed by atoms with van der Waals surface area (Å²) in [6.45, 7) is 3.89. The molecule has 1 aliphatic heterocycles. The molecular formula is C16H22N2O. The number of hydrogen-bond donors (Lipinski definition) is 1. The highest BCUT2D eigenvalue weighted by molar-refractivity contribution is 5.95. The van der Waals surface area contributed by atoms with Gasteiger partial charge in [0.25, 0.3) is 5.91 Å². The Kier molecular flexibility index (Phi) is 3.45. The van der Waals surface area contributed by atoms with Crippen LogP contribution in [0.25, 0.3) is 0 Å². The predicted molar refractivity (Wildman–Crippen MR) is 77.6 cm³/mol. The van der Waals surface area contributed by atoms with E-state index >= 15 is 0 Å². The van der Waals surface area contributed by atoms with Gasteiger partial charge in [0.05, 0.1) is 0 Å². The molecule has 0 saturated heterocycles. The number of fused-ring (bicyclic) bond motifs is 1. The maximum Gasteiger partial charge on any atom is 0.254 e. The van der Waals surface area contributed by atoms with E-state index in [9.17, 15) is 4.79 Å². The van der Waals surface area contributed by atoms with Crippen LogP contribution >= 0.6 is 0 Å². The van der Waals surface area contributed by atoms with Crippen molar-refractivity contribution in [3.8, 4) is 0 Å². The van der Waals surface area contributed by atoms with Crippen molar-refractivity contribution in [1.29, 1.82) is 0 Å². The van der Waals surface area contributed by atoms with Gasteiger partial charge < -0.3 is 10.2 Å². The molecule has 1 amide bonds. The molecule has 1 heterocycles. The standard InChI is InChI=1S/C16H22N2O/c1-2-18(14-5-3-4-6-14)16(19)13-8-7-12-9-10-17-15(12)11-13/h7-8,11,14,17H,2-6,9-10H2,1H3. The highest BCUT2D eigenvalue weighted by Gasteiger charge is 2.26.